The van der Waals surface area contributed by atoms with Crippen LogP contribution in [0.1, 0.15) is 46.9 Å². The van der Waals surface area contributed by atoms with Crippen LogP contribution in [-0.2, 0) is 27.3 Å². The molecule has 1 saturated carbocycles. The number of nitrogens with zero attached hydrogens (tertiary/aromatic N) is 1. The highest BCUT2D eigenvalue weighted by molar-refractivity contribution is 6.04. The Kier molecular flexibility index (Phi) is 7.13. The molecule has 5 nitrogen and oxygen atoms in total. The van der Waals surface area contributed by atoms with Gasteiger partial charge in [-0.3, -0.25) is 9.78 Å². The van der Waals surface area contributed by atoms with Crippen molar-refractivity contribution in [3.05, 3.63) is 82.7 Å². The van der Waals surface area contributed by atoms with Crippen molar-refractivity contribution < 1.29 is 49.4 Å². The molecular weight excluding hydrogens is 540 g/mol. The molecule has 0 aliphatic heterocycles. The van der Waals surface area contributed by atoms with Crippen molar-refractivity contribution in [2.75, 3.05) is 11.9 Å². The van der Waals surface area contributed by atoms with Crippen LogP contribution in [0, 0.1) is 11.6 Å². The lowest BCUT2D eigenvalue weighted by atomic mass is 9.92. The summed E-state index contributed by atoms with van der Waals surface area (Å²) in [6.07, 6.45) is -8.60. The minimum Gasteiger partial charge on any atom is -0.462 e. The van der Waals surface area contributed by atoms with Gasteiger partial charge in [0.05, 0.1) is 23.1 Å². The van der Waals surface area contributed by atoms with E-state index in [1.54, 1.807) is 0 Å². The zero-order valence-electron chi connectivity index (χ0n) is 19.9. The Morgan fingerprint density at radius 3 is 2.15 bits per heavy atom. The van der Waals surface area contributed by atoms with Crippen molar-refractivity contribution in [3.63, 3.8) is 0 Å². The standard InChI is InChI=1S/C26H18F8N2O3/c1-2-39-22(37)16-10-15(11-19(28)21(16)13-3-6-20(35-12-13)26(32,33)34)36-23(38)24(7-8-24)17-5-4-14(9-18(17)27)25(29,30)31/h3-6,9-12H,2,7-8H2,1H3,(H,36,38). The second-order valence-electron chi connectivity index (χ2n) is 8.76. The Hall–Kier alpha value is -4.03. The van der Waals surface area contributed by atoms with Crippen LogP contribution < -0.4 is 5.32 Å². The maximum absolute atomic E-state index is 15.3. The van der Waals surface area contributed by atoms with Gasteiger partial charge < -0.3 is 10.1 Å². The van der Waals surface area contributed by atoms with E-state index >= 15 is 4.39 Å². The first-order valence-electron chi connectivity index (χ1n) is 11.4. The third-order valence-corrected chi connectivity index (χ3v) is 6.18. The number of hydrogen-bond acceptors (Lipinski definition) is 4. The molecule has 1 amide bonds. The summed E-state index contributed by atoms with van der Waals surface area (Å²) in [7, 11) is 0. The molecule has 1 aliphatic carbocycles. The molecule has 0 saturated heterocycles. The van der Waals surface area contributed by atoms with Gasteiger partial charge in [0, 0.05) is 28.6 Å². The average Bonchev–Trinajstić information content (AvgIpc) is 3.65. The van der Waals surface area contributed by atoms with Crippen LogP contribution in [0.4, 0.5) is 40.8 Å². The van der Waals surface area contributed by atoms with Gasteiger partial charge in [0.25, 0.3) is 0 Å². The van der Waals surface area contributed by atoms with E-state index in [4.69, 9.17) is 4.74 Å². The summed E-state index contributed by atoms with van der Waals surface area (Å²) in [5.74, 6) is -4.24. The van der Waals surface area contributed by atoms with E-state index in [9.17, 15) is 40.3 Å². The largest absolute Gasteiger partial charge is 0.462 e. The fourth-order valence-electron chi connectivity index (χ4n) is 4.13. The van der Waals surface area contributed by atoms with Crippen LogP contribution in [-0.4, -0.2) is 23.5 Å². The lowest BCUT2D eigenvalue weighted by Crippen LogP contribution is -2.29. The van der Waals surface area contributed by atoms with Gasteiger partial charge in [-0.1, -0.05) is 12.1 Å². The first-order chi connectivity index (χ1) is 18.2. The summed E-state index contributed by atoms with van der Waals surface area (Å²) in [5, 5.41) is 2.36. The summed E-state index contributed by atoms with van der Waals surface area (Å²) >= 11 is 0. The van der Waals surface area contributed by atoms with Gasteiger partial charge in [-0.15, -0.1) is 0 Å². The maximum atomic E-state index is 15.3. The molecule has 1 heterocycles. The molecule has 1 aliphatic rings. The molecule has 4 rings (SSSR count). The summed E-state index contributed by atoms with van der Waals surface area (Å²) in [4.78, 5) is 28.9. The average molecular weight is 558 g/mol. The number of halogens is 8. The summed E-state index contributed by atoms with van der Waals surface area (Å²) < 4.78 is 112. The Labute approximate surface area is 215 Å². The Balaban J connectivity index is 1.68. The second-order valence-corrected chi connectivity index (χ2v) is 8.76. The minimum atomic E-state index is -4.79. The summed E-state index contributed by atoms with van der Waals surface area (Å²) in [6, 6.07) is 5.16. The zero-order chi connectivity index (χ0) is 28.8. The van der Waals surface area contributed by atoms with E-state index in [2.05, 4.69) is 10.3 Å². The number of pyridine rings is 1. The number of esters is 1. The van der Waals surface area contributed by atoms with Gasteiger partial charge in [-0.05, 0) is 50.1 Å². The van der Waals surface area contributed by atoms with E-state index in [0.717, 1.165) is 30.5 Å². The van der Waals surface area contributed by atoms with E-state index < -0.39 is 63.7 Å². The van der Waals surface area contributed by atoms with Crippen molar-refractivity contribution in [3.8, 4) is 11.1 Å². The van der Waals surface area contributed by atoms with E-state index in [1.165, 1.54) is 6.92 Å². The lowest BCUT2D eigenvalue weighted by Gasteiger charge is -2.19. The third kappa shape index (κ3) is 5.57. The molecule has 1 aromatic heterocycles. The smallest absolute Gasteiger partial charge is 0.433 e. The number of ether oxygens (including phenoxy) is 1. The van der Waals surface area contributed by atoms with Crippen LogP contribution in [0.25, 0.3) is 11.1 Å². The molecule has 3 aromatic rings. The van der Waals surface area contributed by atoms with Gasteiger partial charge in [0.2, 0.25) is 5.91 Å². The monoisotopic (exact) mass is 558 g/mol. The number of nitrogens with one attached hydrogen (secondary N) is 1. The maximum Gasteiger partial charge on any atom is 0.433 e. The van der Waals surface area contributed by atoms with E-state index in [1.807, 2.05) is 0 Å². The van der Waals surface area contributed by atoms with Crippen molar-refractivity contribution in [1.82, 2.24) is 4.98 Å². The number of alkyl halides is 6. The lowest BCUT2D eigenvalue weighted by molar-refractivity contribution is -0.141. The highest BCUT2D eigenvalue weighted by Gasteiger charge is 2.53. The molecule has 1 N–H and O–H groups in total. The summed E-state index contributed by atoms with van der Waals surface area (Å²) in [6.45, 7) is 1.34. The number of anilines is 1. The normalized spacial score (nSPS) is 14.6. The quantitative estimate of drug-likeness (QED) is 0.264. The van der Waals surface area contributed by atoms with Crippen LogP contribution in [0.15, 0.2) is 48.7 Å². The first kappa shape index (κ1) is 28.0. The van der Waals surface area contributed by atoms with Crippen LogP contribution in [0.3, 0.4) is 0 Å². The van der Waals surface area contributed by atoms with Gasteiger partial charge in [0.15, 0.2) is 0 Å². The minimum absolute atomic E-state index is 0.101. The number of carbonyl (C=O) groups excluding carboxylic acids is 2. The van der Waals surface area contributed by atoms with E-state index in [0.29, 0.717) is 12.1 Å². The number of amides is 1. The first-order valence-corrected chi connectivity index (χ1v) is 11.4. The van der Waals surface area contributed by atoms with Crippen molar-refractivity contribution >= 4 is 17.6 Å². The fourth-order valence-corrected chi connectivity index (χ4v) is 4.13. The zero-order valence-corrected chi connectivity index (χ0v) is 19.9. The molecule has 0 spiro atoms. The molecule has 0 unspecified atom stereocenters. The van der Waals surface area contributed by atoms with Gasteiger partial charge in [0.1, 0.15) is 17.3 Å². The number of benzene rings is 2. The van der Waals surface area contributed by atoms with Gasteiger partial charge >= 0.3 is 18.3 Å². The van der Waals surface area contributed by atoms with E-state index in [-0.39, 0.29) is 42.3 Å². The Bertz CT molecular complexity index is 1430. The Morgan fingerprint density at radius 1 is 0.949 bits per heavy atom. The van der Waals surface area contributed by atoms with Gasteiger partial charge in [-0.25, -0.2) is 13.6 Å². The number of aromatic nitrogens is 1. The summed E-state index contributed by atoms with van der Waals surface area (Å²) in [5.41, 5.74) is -5.54. The van der Waals surface area contributed by atoms with Crippen LogP contribution in [0.2, 0.25) is 0 Å². The van der Waals surface area contributed by atoms with Crippen LogP contribution in [0.5, 0.6) is 0 Å². The number of carbonyl (C=O) groups is 2. The van der Waals surface area contributed by atoms with Crippen molar-refractivity contribution in [1.29, 1.82) is 0 Å². The molecule has 13 heteroatoms. The predicted octanol–water partition coefficient (Wildman–Crippen LogP) is 6.91. The highest BCUT2D eigenvalue weighted by Crippen LogP contribution is 2.50. The molecular formula is C26H18F8N2O3. The molecule has 0 atom stereocenters. The van der Waals surface area contributed by atoms with Crippen LogP contribution >= 0.6 is 0 Å². The fraction of sp³-hybridized carbons (Fsp3) is 0.269. The molecule has 39 heavy (non-hydrogen) atoms. The molecule has 0 bridgehead atoms. The third-order valence-electron chi connectivity index (χ3n) is 6.18. The van der Waals surface area contributed by atoms with Crippen molar-refractivity contribution in [2.24, 2.45) is 0 Å². The predicted molar refractivity (Wildman–Crippen MR) is 122 cm³/mol. The number of rotatable bonds is 6. The number of hydrogen-bond donors (Lipinski definition) is 1. The van der Waals surface area contributed by atoms with Crippen molar-refractivity contribution in [2.45, 2.75) is 37.5 Å². The molecule has 2 aromatic carbocycles. The SMILES string of the molecule is CCOC(=O)c1cc(NC(=O)C2(c3ccc(C(F)(F)F)cc3F)CC2)cc(F)c1-c1ccc(C(F)(F)F)nc1. The highest BCUT2D eigenvalue weighted by atomic mass is 19.4. The Morgan fingerprint density at radius 2 is 1.64 bits per heavy atom. The molecule has 206 valence electrons. The molecule has 1 fully saturated rings. The van der Waals surface area contributed by atoms with Gasteiger partial charge in [-0.2, -0.15) is 26.3 Å². The topological polar surface area (TPSA) is 68.3 Å². The second kappa shape index (κ2) is 9.93. The molecule has 0 radical (unpaired) electrons.